The summed E-state index contributed by atoms with van der Waals surface area (Å²) in [6.45, 7) is 6.72. The molecule has 1 aliphatic carbocycles. The lowest BCUT2D eigenvalue weighted by Crippen LogP contribution is -2.32. The average molecular weight is 473 g/mol. The van der Waals surface area contributed by atoms with Gasteiger partial charge in [0.1, 0.15) is 5.00 Å². The second-order valence-electron chi connectivity index (χ2n) is 9.35. The molecule has 2 aliphatic rings. The van der Waals surface area contributed by atoms with Crippen molar-refractivity contribution < 1.29 is 19.1 Å². The van der Waals surface area contributed by atoms with Crippen molar-refractivity contribution in [3.05, 3.63) is 40.3 Å². The Labute approximate surface area is 196 Å². The van der Waals surface area contributed by atoms with Gasteiger partial charge in [0.15, 0.2) is 0 Å². The Bertz CT molecular complexity index is 1070. The predicted molar refractivity (Wildman–Crippen MR) is 129 cm³/mol. The number of hydrogen-bond donors (Lipinski definition) is 2. The molecule has 2 aromatic rings. The van der Waals surface area contributed by atoms with Gasteiger partial charge >= 0.3 is 5.97 Å². The maximum absolute atomic E-state index is 12.9. The summed E-state index contributed by atoms with van der Waals surface area (Å²) in [5.74, 6) is -0.375. The van der Waals surface area contributed by atoms with Gasteiger partial charge < -0.3 is 15.4 Å². The highest BCUT2D eigenvalue weighted by Gasteiger charge is 2.35. The molecule has 0 unspecified atom stereocenters. The van der Waals surface area contributed by atoms with Gasteiger partial charge in [-0.05, 0) is 48.3 Å². The highest BCUT2D eigenvalue weighted by Crippen LogP contribution is 2.44. The number of amides is 2. The van der Waals surface area contributed by atoms with Crippen molar-refractivity contribution in [2.24, 2.45) is 11.3 Å². The molecule has 0 saturated heterocycles. The van der Waals surface area contributed by atoms with E-state index in [0.717, 1.165) is 40.3 Å². The lowest BCUT2D eigenvalue weighted by atomic mass is 9.72. The number of nitrogens with one attached hydrogen (secondary N) is 2. The molecule has 2 heterocycles. The van der Waals surface area contributed by atoms with Crippen molar-refractivity contribution in [1.82, 2.24) is 0 Å². The number of para-hydroxylation sites is 1. The summed E-state index contributed by atoms with van der Waals surface area (Å²) in [6, 6.07) is 7.55. The third kappa shape index (κ3) is 4.57. The summed E-state index contributed by atoms with van der Waals surface area (Å²) >= 11 is 2.85. The lowest BCUT2D eigenvalue weighted by Gasteiger charge is -2.33. The fourth-order valence-corrected chi connectivity index (χ4v) is 6.75. The van der Waals surface area contributed by atoms with Crippen LogP contribution in [0.25, 0.3) is 0 Å². The Morgan fingerprint density at radius 3 is 2.72 bits per heavy atom. The molecule has 2 amide bonds. The highest BCUT2D eigenvalue weighted by molar-refractivity contribution is 8.01. The molecule has 170 valence electrons. The number of carbonyl (C=O) groups is 3. The van der Waals surface area contributed by atoms with Crippen LogP contribution in [0.1, 0.15) is 54.4 Å². The molecule has 0 spiro atoms. The molecule has 32 heavy (non-hydrogen) atoms. The SMILES string of the molecule is COC(=O)c1c(NC(=O)C[C@@H]2Sc3ccccc3NC2=O)sc2c1CC[C@@H](C(C)(C)C)C2. The van der Waals surface area contributed by atoms with Crippen LogP contribution in [-0.4, -0.2) is 30.1 Å². The molecule has 0 radical (unpaired) electrons. The van der Waals surface area contributed by atoms with Crippen molar-refractivity contribution in [1.29, 1.82) is 0 Å². The van der Waals surface area contributed by atoms with Gasteiger partial charge in [-0.25, -0.2) is 4.79 Å². The zero-order chi connectivity index (χ0) is 23.0. The fourth-order valence-electron chi connectivity index (χ4n) is 4.30. The predicted octanol–water partition coefficient (Wildman–Crippen LogP) is 5.13. The first-order valence-electron chi connectivity index (χ1n) is 10.8. The number of benzene rings is 1. The summed E-state index contributed by atoms with van der Waals surface area (Å²) in [6.07, 6.45) is 2.72. The smallest absolute Gasteiger partial charge is 0.341 e. The zero-order valence-electron chi connectivity index (χ0n) is 18.7. The molecule has 0 saturated carbocycles. The van der Waals surface area contributed by atoms with Crippen molar-refractivity contribution >= 4 is 51.6 Å². The third-order valence-corrected chi connectivity index (χ3v) is 8.65. The fraction of sp³-hybridized carbons (Fsp3) is 0.458. The van der Waals surface area contributed by atoms with Gasteiger partial charge in [0.05, 0.1) is 23.6 Å². The first-order valence-corrected chi connectivity index (χ1v) is 12.5. The van der Waals surface area contributed by atoms with E-state index >= 15 is 0 Å². The van der Waals surface area contributed by atoms with Crippen molar-refractivity contribution in [2.45, 2.75) is 56.6 Å². The first-order chi connectivity index (χ1) is 15.2. The van der Waals surface area contributed by atoms with E-state index in [-0.39, 0.29) is 23.7 Å². The van der Waals surface area contributed by atoms with Gasteiger partial charge in [0.25, 0.3) is 0 Å². The van der Waals surface area contributed by atoms with Crippen LogP contribution in [-0.2, 0) is 27.2 Å². The average Bonchev–Trinajstić information content (AvgIpc) is 3.09. The number of methoxy groups -OCH3 is 1. The number of thioether (sulfide) groups is 1. The Hall–Kier alpha value is -2.32. The van der Waals surface area contributed by atoms with E-state index in [0.29, 0.717) is 16.5 Å². The summed E-state index contributed by atoms with van der Waals surface area (Å²) in [5, 5.41) is 5.79. The zero-order valence-corrected chi connectivity index (χ0v) is 20.4. The van der Waals surface area contributed by atoms with E-state index in [2.05, 4.69) is 31.4 Å². The van der Waals surface area contributed by atoms with E-state index in [1.165, 1.54) is 30.2 Å². The Kier molecular flexibility index (Phi) is 6.36. The van der Waals surface area contributed by atoms with Gasteiger partial charge in [-0.3, -0.25) is 9.59 Å². The summed E-state index contributed by atoms with van der Waals surface area (Å²) < 4.78 is 5.03. The van der Waals surface area contributed by atoms with Gasteiger partial charge in [-0.1, -0.05) is 32.9 Å². The second kappa shape index (κ2) is 8.90. The summed E-state index contributed by atoms with van der Waals surface area (Å²) in [5.41, 5.74) is 2.42. The number of esters is 1. The molecular weight excluding hydrogens is 444 g/mol. The number of hydrogen-bond acceptors (Lipinski definition) is 6. The number of ether oxygens (including phenoxy) is 1. The number of anilines is 2. The second-order valence-corrected chi connectivity index (χ2v) is 11.7. The first kappa shape index (κ1) is 22.9. The van der Waals surface area contributed by atoms with Crippen LogP contribution in [0, 0.1) is 11.3 Å². The van der Waals surface area contributed by atoms with Gasteiger partial charge in [0, 0.05) is 16.2 Å². The molecule has 0 fully saturated rings. The molecule has 2 N–H and O–H groups in total. The number of rotatable bonds is 4. The Morgan fingerprint density at radius 1 is 1.25 bits per heavy atom. The Morgan fingerprint density at radius 2 is 2.00 bits per heavy atom. The quantitative estimate of drug-likeness (QED) is 0.603. The molecule has 1 aromatic heterocycles. The van der Waals surface area contributed by atoms with E-state index in [9.17, 15) is 14.4 Å². The van der Waals surface area contributed by atoms with Gasteiger partial charge in [0.2, 0.25) is 11.8 Å². The third-order valence-electron chi connectivity index (χ3n) is 6.21. The van der Waals surface area contributed by atoms with Crippen LogP contribution < -0.4 is 10.6 Å². The molecular formula is C24H28N2O4S2. The molecule has 6 nitrogen and oxygen atoms in total. The number of fused-ring (bicyclic) bond motifs is 2. The maximum Gasteiger partial charge on any atom is 0.341 e. The minimum Gasteiger partial charge on any atom is -0.465 e. The van der Waals surface area contributed by atoms with E-state index in [1.807, 2.05) is 24.3 Å². The topological polar surface area (TPSA) is 84.5 Å². The maximum atomic E-state index is 12.9. The van der Waals surface area contributed by atoms with Gasteiger partial charge in [-0.2, -0.15) is 0 Å². The van der Waals surface area contributed by atoms with Crippen molar-refractivity contribution in [2.75, 3.05) is 17.7 Å². The normalized spacial score (nSPS) is 20.1. The summed E-state index contributed by atoms with van der Waals surface area (Å²) in [7, 11) is 1.36. The van der Waals surface area contributed by atoms with Crippen molar-refractivity contribution in [3.63, 3.8) is 0 Å². The summed E-state index contributed by atoms with van der Waals surface area (Å²) in [4.78, 5) is 40.0. The highest BCUT2D eigenvalue weighted by atomic mass is 32.2. The lowest BCUT2D eigenvalue weighted by molar-refractivity contribution is -0.120. The number of carbonyl (C=O) groups excluding carboxylic acids is 3. The van der Waals surface area contributed by atoms with Crippen LogP contribution in [0.3, 0.4) is 0 Å². The van der Waals surface area contributed by atoms with Crippen LogP contribution in [0.4, 0.5) is 10.7 Å². The minimum absolute atomic E-state index is 0.0264. The molecule has 2 atom stereocenters. The molecule has 4 rings (SSSR count). The molecule has 1 aromatic carbocycles. The van der Waals surface area contributed by atoms with E-state index in [4.69, 9.17) is 4.74 Å². The minimum atomic E-state index is -0.522. The van der Waals surface area contributed by atoms with E-state index in [1.54, 1.807) is 0 Å². The monoisotopic (exact) mass is 472 g/mol. The largest absolute Gasteiger partial charge is 0.465 e. The van der Waals surface area contributed by atoms with Crippen LogP contribution in [0.5, 0.6) is 0 Å². The van der Waals surface area contributed by atoms with E-state index < -0.39 is 11.2 Å². The number of thiophene rings is 1. The Balaban J connectivity index is 1.53. The molecule has 0 bridgehead atoms. The van der Waals surface area contributed by atoms with Crippen molar-refractivity contribution in [3.8, 4) is 0 Å². The van der Waals surface area contributed by atoms with Gasteiger partial charge in [-0.15, -0.1) is 23.1 Å². The van der Waals surface area contributed by atoms with Crippen LogP contribution >= 0.6 is 23.1 Å². The van der Waals surface area contributed by atoms with Crippen LogP contribution in [0.2, 0.25) is 0 Å². The standard InChI is InChI=1S/C24H28N2O4S2/c1-24(2,3)13-9-10-14-17(11-13)32-22(20(14)23(29)30-4)26-19(27)12-18-21(28)25-15-7-5-6-8-16(15)31-18/h5-8,13,18H,9-12H2,1-4H3,(H,25,28)(H,26,27)/t13-,18+/m1/s1. The molecule has 1 aliphatic heterocycles. The molecule has 8 heteroatoms. The van der Waals surface area contributed by atoms with Crippen LogP contribution in [0.15, 0.2) is 29.2 Å².